The Bertz CT molecular complexity index is 830. The number of hydrogen-bond acceptors (Lipinski definition) is 3. The number of carbonyl (C=O) groups is 2. The third-order valence-electron chi connectivity index (χ3n) is 3.82. The van der Waals surface area contributed by atoms with Crippen LogP contribution in [0.15, 0.2) is 48.5 Å². The Labute approximate surface area is 146 Å². The van der Waals surface area contributed by atoms with E-state index in [1.807, 2.05) is 43.3 Å². The third-order valence-corrected chi connectivity index (χ3v) is 3.82. The SMILES string of the molecule is Cc1ccc(C(=O)NCC#Cc2ccc(N3CCOC3=O)cc2)cc1. The van der Waals surface area contributed by atoms with E-state index < -0.39 is 0 Å². The largest absolute Gasteiger partial charge is 0.447 e. The normalized spacial score (nSPS) is 13.0. The maximum atomic E-state index is 12.0. The molecule has 2 aromatic carbocycles. The lowest BCUT2D eigenvalue weighted by atomic mass is 10.1. The topological polar surface area (TPSA) is 58.6 Å². The number of ether oxygens (including phenoxy) is 1. The molecule has 0 unspecified atom stereocenters. The lowest BCUT2D eigenvalue weighted by Gasteiger charge is -2.11. The van der Waals surface area contributed by atoms with Gasteiger partial charge in [-0.1, -0.05) is 29.5 Å². The molecule has 1 N–H and O–H groups in total. The van der Waals surface area contributed by atoms with Crippen molar-refractivity contribution in [2.24, 2.45) is 0 Å². The number of nitrogens with zero attached hydrogens (tertiary/aromatic N) is 1. The summed E-state index contributed by atoms with van der Waals surface area (Å²) in [6, 6.07) is 14.7. The van der Waals surface area contributed by atoms with Crippen LogP contribution in [0.2, 0.25) is 0 Å². The van der Waals surface area contributed by atoms with Crippen LogP contribution in [0.25, 0.3) is 0 Å². The van der Waals surface area contributed by atoms with Crippen molar-refractivity contribution in [3.05, 3.63) is 65.2 Å². The summed E-state index contributed by atoms with van der Waals surface area (Å²) in [6.45, 7) is 3.23. The van der Waals surface area contributed by atoms with Crippen LogP contribution >= 0.6 is 0 Å². The lowest BCUT2D eigenvalue weighted by molar-refractivity contribution is 0.0958. The first-order chi connectivity index (χ1) is 12.1. The molecule has 5 nitrogen and oxygen atoms in total. The molecule has 1 aliphatic rings. The average molecular weight is 334 g/mol. The van der Waals surface area contributed by atoms with Gasteiger partial charge in [-0.3, -0.25) is 9.69 Å². The third kappa shape index (κ3) is 4.18. The van der Waals surface area contributed by atoms with Crippen molar-refractivity contribution in [3.63, 3.8) is 0 Å². The maximum Gasteiger partial charge on any atom is 0.414 e. The zero-order valence-electron chi connectivity index (χ0n) is 13.9. The monoisotopic (exact) mass is 334 g/mol. The first-order valence-electron chi connectivity index (χ1n) is 8.01. The summed E-state index contributed by atoms with van der Waals surface area (Å²) in [4.78, 5) is 25.0. The van der Waals surface area contributed by atoms with Gasteiger partial charge in [-0.15, -0.1) is 0 Å². The van der Waals surface area contributed by atoms with Gasteiger partial charge in [-0.2, -0.15) is 0 Å². The van der Waals surface area contributed by atoms with Gasteiger partial charge in [0.1, 0.15) is 6.61 Å². The summed E-state index contributed by atoms with van der Waals surface area (Å²) >= 11 is 0. The number of nitrogens with one attached hydrogen (secondary N) is 1. The number of anilines is 1. The van der Waals surface area contributed by atoms with Gasteiger partial charge < -0.3 is 10.1 Å². The number of benzene rings is 2. The molecule has 2 aromatic rings. The molecule has 0 aromatic heterocycles. The minimum atomic E-state index is -0.322. The van der Waals surface area contributed by atoms with Gasteiger partial charge in [0.15, 0.2) is 0 Å². The van der Waals surface area contributed by atoms with E-state index in [9.17, 15) is 9.59 Å². The van der Waals surface area contributed by atoms with Crippen molar-refractivity contribution in [1.82, 2.24) is 5.32 Å². The molecule has 0 radical (unpaired) electrons. The van der Waals surface area contributed by atoms with Crippen molar-refractivity contribution in [1.29, 1.82) is 0 Å². The number of cyclic esters (lactones) is 1. The molecular weight excluding hydrogens is 316 g/mol. The Kier molecular flexibility index (Phi) is 5.00. The average Bonchev–Trinajstić information content (AvgIpc) is 3.06. The summed E-state index contributed by atoms with van der Waals surface area (Å²) in [6.07, 6.45) is -0.322. The molecule has 0 spiro atoms. The highest BCUT2D eigenvalue weighted by Gasteiger charge is 2.23. The van der Waals surface area contributed by atoms with Crippen molar-refractivity contribution in [2.45, 2.75) is 6.92 Å². The Hall–Kier alpha value is -3.26. The Morgan fingerprint density at radius 3 is 2.52 bits per heavy atom. The predicted molar refractivity (Wildman–Crippen MR) is 95.5 cm³/mol. The quantitative estimate of drug-likeness (QED) is 0.878. The second-order valence-electron chi connectivity index (χ2n) is 5.66. The van der Waals surface area contributed by atoms with Crippen LogP contribution in [0, 0.1) is 18.8 Å². The predicted octanol–water partition coefficient (Wildman–Crippen LogP) is 2.73. The molecule has 0 bridgehead atoms. The van der Waals surface area contributed by atoms with E-state index in [1.165, 1.54) is 0 Å². The lowest BCUT2D eigenvalue weighted by Crippen LogP contribution is -2.23. The fraction of sp³-hybridized carbons (Fsp3) is 0.200. The number of rotatable bonds is 3. The van der Waals surface area contributed by atoms with Gasteiger partial charge >= 0.3 is 6.09 Å². The number of amides is 2. The summed E-state index contributed by atoms with van der Waals surface area (Å²) in [7, 11) is 0. The zero-order chi connectivity index (χ0) is 17.6. The number of carbonyl (C=O) groups excluding carboxylic acids is 2. The van der Waals surface area contributed by atoms with E-state index in [4.69, 9.17) is 4.74 Å². The molecule has 0 atom stereocenters. The summed E-state index contributed by atoms with van der Waals surface area (Å²) in [5.41, 5.74) is 3.35. The van der Waals surface area contributed by atoms with Crippen molar-refractivity contribution in [2.75, 3.05) is 24.6 Å². The molecule has 0 saturated carbocycles. The van der Waals surface area contributed by atoms with Crippen LogP contribution in [0.4, 0.5) is 10.5 Å². The van der Waals surface area contributed by atoms with Crippen LogP contribution in [0.3, 0.4) is 0 Å². The first kappa shape index (κ1) is 16.6. The molecule has 5 heteroatoms. The smallest absolute Gasteiger partial charge is 0.414 e. The van der Waals surface area contributed by atoms with Crippen LogP contribution in [0.1, 0.15) is 21.5 Å². The molecule has 1 aliphatic heterocycles. The van der Waals surface area contributed by atoms with Crippen LogP contribution in [-0.2, 0) is 4.74 Å². The molecule has 2 amide bonds. The highest BCUT2D eigenvalue weighted by molar-refractivity contribution is 5.94. The molecular formula is C20H18N2O3. The van der Waals surface area contributed by atoms with E-state index in [0.29, 0.717) is 18.7 Å². The second-order valence-corrected chi connectivity index (χ2v) is 5.66. The summed E-state index contributed by atoms with van der Waals surface area (Å²) in [5.74, 6) is 5.77. The highest BCUT2D eigenvalue weighted by atomic mass is 16.6. The second kappa shape index (κ2) is 7.54. The van der Waals surface area contributed by atoms with E-state index in [-0.39, 0.29) is 18.5 Å². The Balaban J connectivity index is 1.54. The zero-order valence-corrected chi connectivity index (χ0v) is 13.9. The highest BCUT2D eigenvalue weighted by Crippen LogP contribution is 2.18. The molecule has 1 saturated heterocycles. The van der Waals surface area contributed by atoms with Gasteiger partial charge in [-0.25, -0.2) is 4.79 Å². The van der Waals surface area contributed by atoms with Gasteiger partial charge in [0.25, 0.3) is 5.91 Å². The Morgan fingerprint density at radius 1 is 1.16 bits per heavy atom. The molecule has 126 valence electrons. The van der Waals surface area contributed by atoms with Gasteiger partial charge in [0.2, 0.25) is 0 Å². The maximum absolute atomic E-state index is 12.0. The summed E-state index contributed by atoms with van der Waals surface area (Å²) < 4.78 is 4.91. The van der Waals surface area contributed by atoms with Crippen LogP contribution < -0.4 is 10.2 Å². The molecule has 0 aliphatic carbocycles. The standard InChI is InChI=1S/C20H18N2O3/c1-15-4-8-17(9-5-15)19(23)21-12-2-3-16-6-10-18(11-7-16)22-13-14-25-20(22)24/h4-11H,12-14H2,1H3,(H,21,23). The fourth-order valence-electron chi connectivity index (χ4n) is 2.43. The summed E-state index contributed by atoms with van der Waals surface area (Å²) in [5, 5.41) is 2.77. The van der Waals surface area contributed by atoms with Crippen molar-refractivity contribution >= 4 is 17.7 Å². The molecule has 1 fully saturated rings. The van der Waals surface area contributed by atoms with Crippen molar-refractivity contribution < 1.29 is 14.3 Å². The molecule has 3 rings (SSSR count). The Morgan fingerprint density at radius 2 is 1.88 bits per heavy atom. The van der Waals surface area contributed by atoms with Crippen LogP contribution in [-0.4, -0.2) is 31.7 Å². The fourth-order valence-corrected chi connectivity index (χ4v) is 2.43. The van der Waals surface area contributed by atoms with Gasteiger partial charge in [-0.05, 0) is 43.3 Å². The first-order valence-corrected chi connectivity index (χ1v) is 8.01. The molecule has 1 heterocycles. The number of aryl methyl sites for hydroxylation is 1. The van der Waals surface area contributed by atoms with E-state index in [1.54, 1.807) is 17.0 Å². The van der Waals surface area contributed by atoms with Crippen molar-refractivity contribution in [3.8, 4) is 11.8 Å². The van der Waals surface area contributed by atoms with Gasteiger partial charge in [0, 0.05) is 16.8 Å². The van der Waals surface area contributed by atoms with E-state index >= 15 is 0 Å². The molecule has 25 heavy (non-hydrogen) atoms. The number of hydrogen-bond donors (Lipinski definition) is 1. The van der Waals surface area contributed by atoms with Gasteiger partial charge in [0.05, 0.1) is 13.1 Å². The van der Waals surface area contributed by atoms with E-state index in [0.717, 1.165) is 16.8 Å². The van der Waals surface area contributed by atoms with Crippen LogP contribution in [0.5, 0.6) is 0 Å². The minimum absolute atomic E-state index is 0.141. The van der Waals surface area contributed by atoms with E-state index in [2.05, 4.69) is 17.2 Å². The minimum Gasteiger partial charge on any atom is -0.447 e.